The molecule has 2 amide bonds. The van der Waals surface area contributed by atoms with Crippen molar-refractivity contribution in [1.82, 2.24) is 19.6 Å². The smallest absolute Gasteiger partial charge is 0.275 e. The van der Waals surface area contributed by atoms with E-state index in [-0.39, 0.29) is 11.8 Å². The number of amides is 2. The molecule has 7 nitrogen and oxygen atoms in total. The van der Waals surface area contributed by atoms with Gasteiger partial charge in [0.2, 0.25) is 5.91 Å². The van der Waals surface area contributed by atoms with E-state index >= 15 is 0 Å². The molecule has 0 saturated carbocycles. The SMILES string of the molecule is COc1ccc(-n2ccc(C(=O)N3CCC[C@H]3C(=O)N(C)C)n2)cc1. The molecule has 2 aromatic rings. The maximum absolute atomic E-state index is 12.8. The first-order chi connectivity index (χ1) is 12.0. The van der Waals surface area contributed by atoms with Gasteiger partial charge in [-0.2, -0.15) is 5.10 Å². The van der Waals surface area contributed by atoms with Crippen molar-refractivity contribution in [2.45, 2.75) is 18.9 Å². The summed E-state index contributed by atoms with van der Waals surface area (Å²) >= 11 is 0. The molecule has 1 aromatic carbocycles. The molecule has 1 atom stereocenters. The topological polar surface area (TPSA) is 67.7 Å². The van der Waals surface area contributed by atoms with Gasteiger partial charge in [0, 0.05) is 26.8 Å². The number of benzene rings is 1. The fraction of sp³-hybridized carbons (Fsp3) is 0.389. The number of carbonyl (C=O) groups is 2. The van der Waals surface area contributed by atoms with Gasteiger partial charge in [0.05, 0.1) is 12.8 Å². The summed E-state index contributed by atoms with van der Waals surface area (Å²) < 4.78 is 6.79. The zero-order valence-corrected chi connectivity index (χ0v) is 14.7. The summed E-state index contributed by atoms with van der Waals surface area (Å²) in [6, 6.07) is 8.70. The number of carbonyl (C=O) groups excluding carboxylic acids is 2. The number of hydrogen-bond acceptors (Lipinski definition) is 4. The van der Waals surface area contributed by atoms with Crippen molar-refractivity contribution in [3.05, 3.63) is 42.2 Å². The van der Waals surface area contributed by atoms with Crippen molar-refractivity contribution < 1.29 is 14.3 Å². The molecule has 2 heterocycles. The van der Waals surface area contributed by atoms with E-state index in [0.717, 1.165) is 17.9 Å². The standard InChI is InChI=1S/C18H22N4O3/c1-20(2)18(24)16-5-4-11-21(16)17(23)15-10-12-22(19-15)13-6-8-14(25-3)9-7-13/h6-10,12,16H,4-5,11H2,1-3H3/t16-/m0/s1. The van der Waals surface area contributed by atoms with Crippen LogP contribution in [0, 0.1) is 0 Å². The monoisotopic (exact) mass is 342 g/mol. The Morgan fingerprint density at radius 3 is 2.56 bits per heavy atom. The molecule has 0 unspecified atom stereocenters. The molecule has 0 radical (unpaired) electrons. The Kier molecular flexibility index (Phi) is 4.74. The lowest BCUT2D eigenvalue weighted by Crippen LogP contribution is -2.45. The average molecular weight is 342 g/mol. The quantitative estimate of drug-likeness (QED) is 0.846. The minimum absolute atomic E-state index is 0.0413. The summed E-state index contributed by atoms with van der Waals surface area (Å²) in [6.07, 6.45) is 3.27. The Balaban J connectivity index is 1.79. The number of ether oxygens (including phenoxy) is 1. The summed E-state index contributed by atoms with van der Waals surface area (Å²) in [5, 5.41) is 4.38. The van der Waals surface area contributed by atoms with E-state index < -0.39 is 6.04 Å². The highest BCUT2D eigenvalue weighted by Gasteiger charge is 2.36. The van der Waals surface area contributed by atoms with Crippen LogP contribution < -0.4 is 4.74 Å². The number of aromatic nitrogens is 2. The average Bonchev–Trinajstić information content (AvgIpc) is 3.30. The first kappa shape index (κ1) is 17.0. The van der Waals surface area contributed by atoms with Crippen LogP contribution in [-0.4, -0.2) is 65.2 Å². The van der Waals surface area contributed by atoms with E-state index in [1.54, 1.807) is 43.1 Å². The number of nitrogens with zero attached hydrogens (tertiary/aromatic N) is 4. The lowest BCUT2D eigenvalue weighted by atomic mass is 10.2. The number of likely N-dealkylation sites (N-methyl/N-ethyl adjacent to an activating group) is 1. The molecule has 0 spiro atoms. The molecule has 0 bridgehead atoms. The maximum atomic E-state index is 12.8. The second kappa shape index (κ2) is 6.96. The second-order valence-electron chi connectivity index (χ2n) is 6.23. The Labute approximate surface area is 146 Å². The van der Waals surface area contributed by atoms with Gasteiger partial charge in [-0.25, -0.2) is 4.68 Å². The Morgan fingerprint density at radius 2 is 1.92 bits per heavy atom. The number of hydrogen-bond donors (Lipinski definition) is 0. The van der Waals surface area contributed by atoms with Crippen LogP contribution in [0.3, 0.4) is 0 Å². The third-order valence-electron chi connectivity index (χ3n) is 4.38. The number of methoxy groups -OCH3 is 1. The molecule has 132 valence electrons. The van der Waals surface area contributed by atoms with Gasteiger partial charge < -0.3 is 14.5 Å². The Morgan fingerprint density at radius 1 is 1.20 bits per heavy atom. The van der Waals surface area contributed by atoms with Crippen molar-refractivity contribution in [2.24, 2.45) is 0 Å². The molecular weight excluding hydrogens is 320 g/mol. The molecule has 7 heteroatoms. The fourth-order valence-electron chi connectivity index (χ4n) is 3.03. The number of likely N-dealkylation sites (tertiary alicyclic amines) is 1. The van der Waals surface area contributed by atoms with E-state index in [2.05, 4.69) is 5.10 Å². The molecule has 1 fully saturated rings. The van der Waals surface area contributed by atoms with E-state index in [1.165, 1.54) is 4.90 Å². The van der Waals surface area contributed by atoms with Crippen molar-refractivity contribution in [2.75, 3.05) is 27.7 Å². The molecule has 1 saturated heterocycles. The molecule has 0 aliphatic carbocycles. The van der Waals surface area contributed by atoms with E-state index in [9.17, 15) is 9.59 Å². The fourth-order valence-corrected chi connectivity index (χ4v) is 3.03. The number of rotatable bonds is 4. The zero-order valence-electron chi connectivity index (χ0n) is 14.7. The van der Waals surface area contributed by atoms with Gasteiger partial charge in [-0.1, -0.05) is 0 Å². The largest absolute Gasteiger partial charge is 0.497 e. The molecular formula is C18H22N4O3. The van der Waals surface area contributed by atoms with Crippen LogP contribution in [0.2, 0.25) is 0 Å². The first-order valence-corrected chi connectivity index (χ1v) is 8.23. The van der Waals surface area contributed by atoms with Gasteiger partial charge in [0.1, 0.15) is 11.8 Å². The summed E-state index contributed by atoms with van der Waals surface area (Å²) in [4.78, 5) is 28.2. The third kappa shape index (κ3) is 3.35. The molecule has 0 N–H and O–H groups in total. The summed E-state index contributed by atoms with van der Waals surface area (Å²) in [5.41, 5.74) is 1.18. The predicted molar refractivity (Wildman–Crippen MR) is 92.9 cm³/mol. The minimum atomic E-state index is -0.395. The molecule has 1 aliphatic rings. The highest BCUT2D eigenvalue weighted by atomic mass is 16.5. The van der Waals surface area contributed by atoms with E-state index in [1.807, 2.05) is 24.3 Å². The Bertz CT molecular complexity index is 767. The summed E-state index contributed by atoms with van der Waals surface area (Å²) in [6.45, 7) is 0.582. The van der Waals surface area contributed by atoms with Gasteiger partial charge in [-0.15, -0.1) is 0 Å². The van der Waals surface area contributed by atoms with E-state index in [4.69, 9.17) is 4.74 Å². The van der Waals surface area contributed by atoms with Gasteiger partial charge in [0.25, 0.3) is 5.91 Å². The van der Waals surface area contributed by atoms with Crippen molar-refractivity contribution in [3.8, 4) is 11.4 Å². The molecule has 1 aromatic heterocycles. The van der Waals surface area contributed by atoms with Crippen LogP contribution in [0.25, 0.3) is 5.69 Å². The van der Waals surface area contributed by atoms with Gasteiger partial charge in [0.15, 0.2) is 5.69 Å². The van der Waals surface area contributed by atoms with Gasteiger partial charge >= 0.3 is 0 Å². The molecule has 3 rings (SSSR count). The second-order valence-corrected chi connectivity index (χ2v) is 6.23. The van der Waals surface area contributed by atoms with Crippen LogP contribution in [0.15, 0.2) is 36.5 Å². The van der Waals surface area contributed by atoms with Crippen molar-refractivity contribution >= 4 is 11.8 Å². The molecule has 1 aliphatic heterocycles. The lowest BCUT2D eigenvalue weighted by Gasteiger charge is -2.25. The first-order valence-electron chi connectivity index (χ1n) is 8.23. The lowest BCUT2D eigenvalue weighted by molar-refractivity contribution is -0.132. The summed E-state index contributed by atoms with van der Waals surface area (Å²) in [5.74, 6) is 0.514. The van der Waals surface area contributed by atoms with Crippen LogP contribution in [-0.2, 0) is 4.79 Å². The maximum Gasteiger partial charge on any atom is 0.275 e. The Hall–Kier alpha value is -2.83. The van der Waals surface area contributed by atoms with E-state index in [0.29, 0.717) is 18.7 Å². The zero-order chi connectivity index (χ0) is 18.0. The van der Waals surface area contributed by atoms with Crippen LogP contribution >= 0.6 is 0 Å². The van der Waals surface area contributed by atoms with Crippen LogP contribution in [0.1, 0.15) is 23.3 Å². The van der Waals surface area contributed by atoms with Crippen LogP contribution in [0.5, 0.6) is 5.75 Å². The predicted octanol–water partition coefficient (Wildman–Crippen LogP) is 1.57. The van der Waals surface area contributed by atoms with Crippen molar-refractivity contribution in [1.29, 1.82) is 0 Å². The van der Waals surface area contributed by atoms with Crippen LogP contribution in [0.4, 0.5) is 0 Å². The molecule has 25 heavy (non-hydrogen) atoms. The summed E-state index contributed by atoms with van der Waals surface area (Å²) in [7, 11) is 5.03. The normalized spacial score (nSPS) is 16.8. The van der Waals surface area contributed by atoms with Crippen molar-refractivity contribution in [3.63, 3.8) is 0 Å². The highest BCUT2D eigenvalue weighted by Crippen LogP contribution is 2.21. The van der Waals surface area contributed by atoms with Gasteiger partial charge in [-0.3, -0.25) is 9.59 Å². The highest BCUT2D eigenvalue weighted by molar-refractivity contribution is 5.96. The third-order valence-corrected chi connectivity index (χ3v) is 4.38. The minimum Gasteiger partial charge on any atom is -0.497 e. The van der Waals surface area contributed by atoms with Gasteiger partial charge in [-0.05, 0) is 43.2 Å².